The number of rotatable bonds is 7. The Morgan fingerprint density at radius 3 is 2.52 bits per heavy atom. The molecule has 0 saturated heterocycles. The molecule has 1 N–H and O–H groups in total. The quantitative estimate of drug-likeness (QED) is 0.225. The zero-order chi connectivity index (χ0) is 18.7. The van der Waals surface area contributed by atoms with E-state index >= 15 is 0 Å². The Balaban J connectivity index is 2.29. The minimum Gasteiger partial charge on any atom is -0.220 e. The molecule has 1 aromatic carbocycles. The van der Waals surface area contributed by atoms with Crippen LogP contribution in [0, 0.1) is 0 Å². The van der Waals surface area contributed by atoms with Gasteiger partial charge in [-0.05, 0) is 39.3 Å². The first kappa shape index (κ1) is 20.4. The van der Waals surface area contributed by atoms with Crippen LogP contribution in [0.25, 0.3) is 10.2 Å². The number of alkyl halides is 3. The van der Waals surface area contributed by atoms with Crippen LogP contribution in [0.2, 0.25) is 0 Å². The normalized spacial score (nSPS) is 12.9. The van der Waals surface area contributed by atoms with Gasteiger partial charge in [-0.25, -0.2) is 5.26 Å². The van der Waals surface area contributed by atoms with E-state index in [2.05, 4.69) is 30.1 Å². The summed E-state index contributed by atoms with van der Waals surface area (Å²) in [4.78, 5) is 0. The van der Waals surface area contributed by atoms with Crippen molar-refractivity contribution in [1.82, 2.24) is 0 Å². The predicted octanol–water partition coefficient (Wildman–Crippen LogP) is 5.35. The molecule has 0 radical (unpaired) electrons. The Morgan fingerprint density at radius 1 is 1.20 bits per heavy atom. The van der Waals surface area contributed by atoms with Gasteiger partial charge in [0.15, 0.2) is 0 Å². The van der Waals surface area contributed by atoms with Crippen molar-refractivity contribution >= 4 is 33.6 Å². The second-order valence-electron chi connectivity index (χ2n) is 6.66. The van der Waals surface area contributed by atoms with E-state index in [4.69, 9.17) is 5.26 Å². The number of fused-ring (bicyclic) bond motifs is 1. The van der Waals surface area contributed by atoms with E-state index in [0.29, 0.717) is 17.8 Å². The van der Waals surface area contributed by atoms with Crippen LogP contribution in [-0.4, -0.2) is 11.0 Å². The molecule has 0 bridgehead atoms. The Kier molecular flexibility index (Phi) is 6.72. The third-order valence-corrected chi connectivity index (χ3v) is 5.81. The van der Waals surface area contributed by atoms with Gasteiger partial charge in [0.1, 0.15) is 11.2 Å². The third-order valence-electron chi connectivity index (χ3n) is 3.61. The lowest BCUT2D eigenvalue weighted by molar-refractivity contribution is -0.677. The van der Waals surface area contributed by atoms with Gasteiger partial charge in [-0.15, -0.1) is 4.33 Å². The van der Waals surface area contributed by atoms with Crippen LogP contribution < -0.4 is 4.57 Å². The van der Waals surface area contributed by atoms with E-state index in [1.807, 2.05) is 4.57 Å². The largest absolute Gasteiger partial charge is 0.416 e. The van der Waals surface area contributed by atoms with Crippen molar-refractivity contribution in [2.24, 2.45) is 0 Å². The maximum absolute atomic E-state index is 13.1. The SMILES string of the molecule is CC(C)(C)c1sc2ccc(C(F)(F)F)cc2[n+]1CCCCSOOO. The molecular formula is C16H21F3NO3S2+. The molecule has 0 saturated carbocycles. The lowest BCUT2D eigenvalue weighted by atomic mass is 9.97. The second-order valence-corrected chi connectivity index (χ2v) is 8.47. The minimum atomic E-state index is -4.35. The van der Waals surface area contributed by atoms with Crippen LogP contribution >= 0.6 is 23.4 Å². The van der Waals surface area contributed by atoms with Gasteiger partial charge in [0.05, 0.1) is 11.0 Å². The van der Waals surface area contributed by atoms with Crippen molar-refractivity contribution in [3.63, 3.8) is 0 Å². The minimum absolute atomic E-state index is 0.162. The lowest BCUT2D eigenvalue weighted by Crippen LogP contribution is -2.41. The highest BCUT2D eigenvalue weighted by atomic mass is 32.2. The molecule has 4 nitrogen and oxygen atoms in total. The average Bonchev–Trinajstić information content (AvgIpc) is 2.88. The molecule has 1 heterocycles. The smallest absolute Gasteiger partial charge is 0.220 e. The molecule has 0 aliphatic heterocycles. The molecule has 2 aromatic rings. The van der Waals surface area contributed by atoms with Crippen molar-refractivity contribution in [2.75, 3.05) is 5.75 Å². The van der Waals surface area contributed by atoms with E-state index in [0.717, 1.165) is 40.7 Å². The molecule has 25 heavy (non-hydrogen) atoms. The van der Waals surface area contributed by atoms with E-state index in [-0.39, 0.29) is 5.41 Å². The van der Waals surface area contributed by atoms with Crippen molar-refractivity contribution < 1.29 is 32.4 Å². The van der Waals surface area contributed by atoms with E-state index in [1.165, 1.54) is 17.4 Å². The van der Waals surface area contributed by atoms with Gasteiger partial charge in [-0.2, -0.15) is 17.7 Å². The van der Waals surface area contributed by atoms with Crippen LogP contribution in [0.4, 0.5) is 13.2 Å². The molecule has 0 spiro atoms. The maximum atomic E-state index is 13.1. The van der Waals surface area contributed by atoms with Crippen LogP contribution in [-0.2, 0) is 27.5 Å². The van der Waals surface area contributed by atoms with Crippen molar-refractivity contribution in [3.05, 3.63) is 28.8 Å². The maximum Gasteiger partial charge on any atom is 0.416 e. The van der Waals surface area contributed by atoms with E-state index in [9.17, 15) is 13.2 Å². The summed E-state index contributed by atoms with van der Waals surface area (Å²) in [6.45, 7) is 6.79. The average molecular weight is 396 g/mol. The van der Waals surface area contributed by atoms with Gasteiger partial charge in [-0.3, -0.25) is 0 Å². The fourth-order valence-corrected chi connectivity index (χ4v) is 4.18. The first-order valence-corrected chi connectivity index (χ1v) is 9.51. The molecule has 0 fully saturated rings. The number of benzene rings is 1. The van der Waals surface area contributed by atoms with Gasteiger partial charge in [0.2, 0.25) is 10.5 Å². The van der Waals surface area contributed by atoms with Gasteiger partial charge in [-0.1, -0.05) is 16.4 Å². The topological polar surface area (TPSA) is 42.6 Å². The summed E-state index contributed by atoms with van der Waals surface area (Å²) in [5, 5.41) is 12.6. The molecule has 9 heteroatoms. The molecule has 0 amide bonds. The Hall–Kier alpha value is -0.870. The highest BCUT2D eigenvalue weighted by Crippen LogP contribution is 2.35. The summed E-state index contributed by atoms with van der Waals surface area (Å²) < 4.78 is 46.3. The molecule has 1 aromatic heterocycles. The number of halogens is 3. The molecular weight excluding hydrogens is 375 g/mol. The molecule has 2 rings (SSSR count). The number of nitrogens with zero attached hydrogens (tertiary/aromatic N) is 1. The van der Waals surface area contributed by atoms with Crippen LogP contribution in [0.15, 0.2) is 18.2 Å². The summed E-state index contributed by atoms with van der Waals surface area (Å²) in [7, 11) is 0. The van der Waals surface area contributed by atoms with Crippen molar-refractivity contribution in [3.8, 4) is 0 Å². The molecule has 0 aliphatic rings. The van der Waals surface area contributed by atoms with E-state index < -0.39 is 11.7 Å². The van der Waals surface area contributed by atoms with Gasteiger partial charge < -0.3 is 0 Å². The van der Waals surface area contributed by atoms with Gasteiger partial charge >= 0.3 is 6.18 Å². The number of unbranched alkanes of at least 4 members (excludes halogenated alkanes) is 1. The fourth-order valence-electron chi connectivity index (χ4n) is 2.53. The van der Waals surface area contributed by atoms with Crippen LogP contribution in [0.1, 0.15) is 44.2 Å². The zero-order valence-corrected chi connectivity index (χ0v) is 15.9. The Bertz CT molecular complexity index is 711. The number of thiazole rings is 1. The molecule has 0 aliphatic carbocycles. The number of hydrogen-bond acceptors (Lipinski definition) is 5. The Morgan fingerprint density at radius 2 is 1.92 bits per heavy atom. The predicted molar refractivity (Wildman–Crippen MR) is 92.2 cm³/mol. The molecule has 0 unspecified atom stereocenters. The number of hydrogen-bond donors (Lipinski definition) is 1. The number of aryl methyl sites for hydroxylation is 1. The van der Waals surface area contributed by atoms with Crippen LogP contribution in [0.5, 0.6) is 0 Å². The summed E-state index contributed by atoms with van der Waals surface area (Å²) in [5.74, 6) is 0.613. The molecule has 0 atom stereocenters. The van der Waals surface area contributed by atoms with Gasteiger partial charge in [0, 0.05) is 30.3 Å². The first-order chi connectivity index (χ1) is 11.6. The first-order valence-electron chi connectivity index (χ1n) is 7.78. The summed E-state index contributed by atoms with van der Waals surface area (Å²) in [5.41, 5.74) is -0.173. The standard InChI is InChI=1S/C16H20F3NO3S2/c1-15(2,3)14-20(8-4-5-9-24-23-22-21)12-10-11(16(17,18)19)6-7-13(12)25-14/h6-7,10H,4-5,8-9H2,1-3H3/p+1. The number of aromatic nitrogens is 1. The highest BCUT2D eigenvalue weighted by Gasteiger charge is 2.35. The second kappa shape index (κ2) is 8.22. The van der Waals surface area contributed by atoms with Gasteiger partial charge in [0.25, 0.3) is 0 Å². The Labute approximate surface area is 152 Å². The zero-order valence-electron chi connectivity index (χ0n) is 14.2. The third kappa shape index (κ3) is 5.30. The molecule has 140 valence electrons. The lowest BCUT2D eigenvalue weighted by Gasteiger charge is -2.13. The summed E-state index contributed by atoms with van der Waals surface area (Å²) >= 11 is 2.52. The summed E-state index contributed by atoms with van der Waals surface area (Å²) in [6, 6.07) is 3.92. The van der Waals surface area contributed by atoms with Crippen molar-refractivity contribution in [1.29, 1.82) is 0 Å². The van der Waals surface area contributed by atoms with E-state index in [1.54, 1.807) is 6.07 Å². The fraction of sp³-hybridized carbons (Fsp3) is 0.562. The van der Waals surface area contributed by atoms with Crippen molar-refractivity contribution in [2.45, 2.75) is 51.7 Å². The highest BCUT2D eigenvalue weighted by molar-refractivity contribution is 7.94. The summed E-state index contributed by atoms with van der Waals surface area (Å²) in [6.07, 6.45) is -2.80. The van der Waals surface area contributed by atoms with Crippen LogP contribution in [0.3, 0.4) is 0 Å². The monoisotopic (exact) mass is 396 g/mol.